The molecule has 0 aliphatic rings. The van der Waals surface area contributed by atoms with Gasteiger partial charge in [0.1, 0.15) is 4.60 Å². The van der Waals surface area contributed by atoms with Gasteiger partial charge in [0, 0.05) is 12.2 Å². The van der Waals surface area contributed by atoms with Crippen molar-refractivity contribution < 1.29 is 0 Å². The highest BCUT2D eigenvalue weighted by Gasteiger charge is 2.00. The lowest BCUT2D eigenvalue weighted by Gasteiger charge is -2.07. The van der Waals surface area contributed by atoms with Crippen LogP contribution in [0.4, 0.5) is 0 Å². The molecule has 2 nitrogen and oxygen atoms in total. The maximum absolute atomic E-state index is 5.80. The highest BCUT2D eigenvalue weighted by molar-refractivity contribution is 9.10. The van der Waals surface area contributed by atoms with Gasteiger partial charge in [0.15, 0.2) is 0 Å². The highest BCUT2D eigenvalue weighted by atomic mass is 79.9. The first-order chi connectivity index (χ1) is 5.72. The molecule has 74 valence electrons. The molecule has 1 aromatic rings. The van der Waals surface area contributed by atoms with Gasteiger partial charge in [-0.2, -0.15) is 0 Å². The van der Waals surface area contributed by atoms with Crippen molar-refractivity contribution in [2.75, 3.05) is 0 Å². The zero-order valence-electron chi connectivity index (χ0n) is 7.53. The van der Waals surface area contributed by atoms with E-state index in [1.165, 1.54) is 5.56 Å². The molecule has 1 heterocycles. The van der Waals surface area contributed by atoms with Gasteiger partial charge in [0.2, 0.25) is 0 Å². The number of nitrogens with two attached hydrogens (primary N) is 1. The molecular weight excluding hydrogens is 251 g/mol. The zero-order valence-corrected chi connectivity index (χ0v) is 9.94. The Labute approximate surface area is 93.5 Å². The van der Waals surface area contributed by atoms with E-state index in [2.05, 4.69) is 27.8 Å². The van der Waals surface area contributed by atoms with Gasteiger partial charge < -0.3 is 5.73 Å². The first-order valence-corrected chi connectivity index (χ1v) is 4.87. The van der Waals surface area contributed by atoms with Crippen LogP contribution in [-0.2, 0) is 6.42 Å². The van der Waals surface area contributed by atoms with Crippen molar-refractivity contribution in [3.8, 4) is 0 Å². The topological polar surface area (TPSA) is 38.9 Å². The van der Waals surface area contributed by atoms with Crippen LogP contribution < -0.4 is 5.73 Å². The second kappa shape index (κ2) is 6.35. The summed E-state index contributed by atoms with van der Waals surface area (Å²) >= 11 is 3.29. The Hall–Kier alpha value is -0.120. The molecule has 13 heavy (non-hydrogen) atoms. The summed E-state index contributed by atoms with van der Waals surface area (Å²) < 4.78 is 0.872. The summed E-state index contributed by atoms with van der Waals surface area (Å²) in [6.45, 7) is 2.09. The molecule has 4 heteroatoms. The Balaban J connectivity index is 0.00000144. The number of aromatic nitrogens is 1. The highest BCUT2D eigenvalue weighted by Crippen LogP contribution is 2.08. The molecule has 0 saturated carbocycles. The maximum Gasteiger partial charge on any atom is 0.106 e. The van der Waals surface area contributed by atoms with Gasteiger partial charge in [-0.1, -0.05) is 13.0 Å². The lowest BCUT2D eigenvalue weighted by atomic mass is 10.1. The second-order valence-corrected chi connectivity index (χ2v) is 3.67. The van der Waals surface area contributed by atoms with Crippen molar-refractivity contribution in [3.63, 3.8) is 0 Å². The maximum atomic E-state index is 5.80. The molecule has 2 N–H and O–H groups in total. The number of nitrogens with zero attached hydrogens (tertiary/aromatic N) is 1. The van der Waals surface area contributed by atoms with E-state index < -0.39 is 0 Å². The molecule has 0 bridgehead atoms. The molecule has 0 radical (unpaired) electrons. The number of pyridine rings is 1. The van der Waals surface area contributed by atoms with Crippen LogP contribution in [0.3, 0.4) is 0 Å². The average Bonchev–Trinajstić information content (AvgIpc) is 2.09. The minimum atomic E-state index is 0. The third-order valence-corrected chi connectivity index (χ3v) is 2.28. The smallest absolute Gasteiger partial charge is 0.106 e. The average molecular weight is 266 g/mol. The Morgan fingerprint density at radius 2 is 2.23 bits per heavy atom. The number of hydrogen-bond acceptors (Lipinski definition) is 2. The van der Waals surface area contributed by atoms with Crippen molar-refractivity contribution in [3.05, 3.63) is 28.5 Å². The summed E-state index contributed by atoms with van der Waals surface area (Å²) in [5.74, 6) is 0. The Morgan fingerprint density at radius 3 is 2.69 bits per heavy atom. The standard InChI is InChI=1S/C9H13BrN2.ClH/c1-2-8(11)5-7-3-4-9(10)12-6-7;/h3-4,6,8H,2,5,11H2,1H3;1H. The van der Waals surface area contributed by atoms with E-state index in [1.807, 2.05) is 18.3 Å². The number of hydrogen-bond donors (Lipinski definition) is 1. The largest absolute Gasteiger partial charge is 0.327 e. The molecule has 1 rings (SSSR count). The fraction of sp³-hybridized carbons (Fsp3) is 0.444. The second-order valence-electron chi connectivity index (χ2n) is 2.86. The van der Waals surface area contributed by atoms with E-state index in [-0.39, 0.29) is 18.4 Å². The molecule has 0 saturated heterocycles. The molecule has 0 aromatic carbocycles. The summed E-state index contributed by atoms with van der Waals surface area (Å²) in [4.78, 5) is 4.13. The monoisotopic (exact) mass is 264 g/mol. The van der Waals surface area contributed by atoms with Gasteiger partial charge in [0.25, 0.3) is 0 Å². The molecule has 0 aliphatic carbocycles. The normalized spacial score (nSPS) is 11.9. The van der Waals surface area contributed by atoms with E-state index in [0.29, 0.717) is 0 Å². The lowest BCUT2D eigenvalue weighted by Crippen LogP contribution is -2.21. The zero-order chi connectivity index (χ0) is 8.97. The fourth-order valence-corrected chi connectivity index (χ4v) is 1.21. The van der Waals surface area contributed by atoms with E-state index in [0.717, 1.165) is 17.4 Å². The summed E-state index contributed by atoms with van der Waals surface area (Å²) in [7, 11) is 0. The summed E-state index contributed by atoms with van der Waals surface area (Å²) in [5, 5.41) is 0. The first-order valence-electron chi connectivity index (χ1n) is 4.08. The van der Waals surface area contributed by atoms with Gasteiger partial charge in [-0.15, -0.1) is 12.4 Å². The fourth-order valence-electron chi connectivity index (χ4n) is 0.974. The van der Waals surface area contributed by atoms with Crippen molar-refractivity contribution in [1.29, 1.82) is 0 Å². The van der Waals surface area contributed by atoms with Crippen LogP contribution in [0.1, 0.15) is 18.9 Å². The molecule has 1 atom stereocenters. The summed E-state index contributed by atoms with van der Waals surface area (Å²) in [5.41, 5.74) is 7.00. The Morgan fingerprint density at radius 1 is 1.54 bits per heavy atom. The van der Waals surface area contributed by atoms with Crippen molar-refractivity contribution in [2.45, 2.75) is 25.8 Å². The SMILES string of the molecule is CCC(N)Cc1ccc(Br)nc1.Cl. The first kappa shape index (κ1) is 12.9. The van der Waals surface area contributed by atoms with Gasteiger partial charge in [-0.25, -0.2) is 4.98 Å². The van der Waals surface area contributed by atoms with Crippen molar-refractivity contribution >= 4 is 28.3 Å². The number of rotatable bonds is 3. The van der Waals surface area contributed by atoms with Crippen LogP contribution in [-0.4, -0.2) is 11.0 Å². The predicted molar refractivity (Wildman–Crippen MR) is 61.2 cm³/mol. The van der Waals surface area contributed by atoms with E-state index in [1.54, 1.807) is 0 Å². The van der Waals surface area contributed by atoms with Crippen molar-refractivity contribution in [2.24, 2.45) is 5.73 Å². The molecule has 0 fully saturated rings. The van der Waals surface area contributed by atoms with Crippen LogP contribution in [0, 0.1) is 0 Å². The van der Waals surface area contributed by atoms with Crippen LogP contribution in [0.5, 0.6) is 0 Å². The minimum absolute atomic E-state index is 0. The molecule has 0 spiro atoms. The summed E-state index contributed by atoms with van der Waals surface area (Å²) in [6.07, 6.45) is 3.78. The van der Waals surface area contributed by atoms with Gasteiger partial charge in [-0.3, -0.25) is 0 Å². The van der Waals surface area contributed by atoms with Gasteiger partial charge in [0.05, 0.1) is 0 Å². The van der Waals surface area contributed by atoms with Crippen molar-refractivity contribution in [1.82, 2.24) is 4.98 Å². The van der Waals surface area contributed by atoms with E-state index >= 15 is 0 Å². The quantitative estimate of drug-likeness (QED) is 0.853. The van der Waals surface area contributed by atoms with E-state index in [9.17, 15) is 0 Å². The van der Waals surface area contributed by atoms with Gasteiger partial charge in [-0.05, 0) is 40.4 Å². The molecule has 1 unspecified atom stereocenters. The lowest BCUT2D eigenvalue weighted by molar-refractivity contribution is 0.645. The summed E-state index contributed by atoms with van der Waals surface area (Å²) in [6, 6.07) is 4.25. The minimum Gasteiger partial charge on any atom is -0.327 e. The number of halogens is 2. The third kappa shape index (κ3) is 4.60. The molecule has 0 amide bonds. The van der Waals surface area contributed by atoms with Crippen LogP contribution >= 0.6 is 28.3 Å². The predicted octanol–water partition coefficient (Wildman–Crippen LogP) is 2.55. The Bertz CT molecular complexity index is 238. The van der Waals surface area contributed by atoms with Crippen LogP contribution in [0.2, 0.25) is 0 Å². The van der Waals surface area contributed by atoms with E-state index in [4.69, 9.17) is 5.73 Å². The molecule has 0 aliphatic heterocycles. The molecular formula is C9H14BrClN2. The Kier molecular flexibility index (Phi) is 6.29. The molecule has 1 aromatic heterocycles. The third-order valence-electron chi connectivity index (χ3n) is 1.81. The van der Waals surface area contributed by atoms with Crippen LogP contribution in [0.25, 0.3) is 0 Å². The van der Waals surface area contributed by atoms with Gasteiger partial charge >= 0.3 is 0 Å². The van der Waals surface area contributed by atoms with Crippen LogP contribution in [0.15, 0.2) is 22.9 Å².